The maximum atomic E-state index is 13.5. The van der Waals surface area contributed by atoms with E-state index in [1.165, 1.54) is 4.31 Å². The average molecular weight is 481 g/mol. The topological polar surface area (TPSA) is 75.7 Å². The molecule has 1 heterocycles. The molecule has 0 bridgehead atoms. The van der Waals surface area contributed by atoms with E-state index in [1.54, 1.807) is 24.3 Å². The van der Waals surface area contributed by atoms with Gasteiger partial charge in [-0.3, -0.25) is 4.79 Å². The van der Waals surface area contributed by atoms with Crippen molar-refractivity contribution in [2.24, 2.45) is 0 Å². The second-order valence-corrected chi connectivity index (χ2v) is 9.69. The van der Waals surface area contributed by atoms with E-state index in [1.807, 2.05) is 31.2 Å². The van der Waals surface area contributed by atoms with Crippen molar-refractivity contribution in [1.82, 2.24) is 9.62 Å². The fourth-order valence-corrected chi connectivity index (χ4v) is 5.21. The molecule has 0 unspecified atom stereocenters. The van der Waals surface area contributed by atoms with E-state index in [0.717, 1.165) is 28.6 Å². The van der Waals surface area contributed by atoms with Gasteiger partial charge in [0.15, 0.2) is 0 Å². The lowest BCUT2D eigenvalue weighted by atomic mass is 10.1. The van der Waals surface area contributed by atoms with Crippen LogP contribution in [0, 0.1) is 0 Å². The van der Waals surface area contributed by atoms with Gasteiger partial charge in [-0.05, 0) is 68.1 Å². The highest BCUT2D eigenvalue weighted by Crippen LogP contribution is 2.26. The van der Waals surface area contributed by atoms with Gasteiger partial charge in [-0.15, -0.1) is 0 Å². The van der Waals surface area contributed by atoms with Gasteiger partial charge in [0.05, 0.1) is 11.5 Å². The summed E-state index contributed by atoms with van der Waals surface area (Å²) in [5.74, 6) is 0.486. The number of hydrogen-bond donors (Lipinski definition) is 1. The summed E-state index contributed by atoms with van der Waals surface area (Å²) in [6.07, 6.45) is 2.13. The smallest absolute Gasteiger partial charge is 0.244 e. The van der Waals surface area contributed by atoms with Gasteiger partial charge in [-0.1, -0.05) is 28.1 Å². The van der Waals surface area contributed by atoms with Gasteiger partial charge in [0, 0.05) is 17.6 Å². The van der Waals surface area contributed by atoms with Crippen LogP contribution in [0.5, 0.6) is 5.75 Å². The summed E-state index contributed by atoms with van der Waals surface area (Å²) in [5.41, 5.74) is 0.797. The van der Waals surface area contributed by atoms with E-state index in [2.05, 4.69) is 21.2 Å². The molecule has 1 N–H and O–H groups in total. The predicted octanol–water partition coefficient (Wildman–Crippen LogP) is 3.71. The third-order valence-electron chi connectivity index (χ3n) is 4.85. The highest BCUT2D eigenvalue weighted by molar-refractivity contribution is 9.10. The molecule has 1 aliphatic heterocycles. The molecule has 1 fully saturated rings. The minimum absolute atomic E-state index is 0.114. The van der Waals surface area contributed by atoms with Crippen LogP contribution < -0.4 is 10.1 Å². The minimum Gasteiger partial charge on any atom is -0.494 e. The molecule has 29 heavy (non-hydrogen) atoms. The third-order valence-corrected chi connectivity index (χ3v) is 7.24. The third kappa shape index (κ3) is 5.38. The van der Waals surface area contributed by atoms with Crippen molar-refractivity contribution in [3.63, 3.8) is 0 Å². The Balaban J connectivity index is 1.96. The Morgan fingerprint density at radius 2 is 1.79 bits per heavy atom. The number of hydrogen-bond acceptors (Lipinski definition) is 4. The molecule has 156 valence electrons. The van der Waals surface area contributed by atoms with Gasteiger partial charge in [0.25, 0.3) is 0 Å². The lowest BCUT2D eigenvalue weighted by molar-refractivity contribution is -0.124. The predicted molar refractivity (Wildman–Crippen MR) is 115 cm³/mol. The number of ether oxygens (including phenoxy) is 1. The lowest BCUT2D eigenvalue weighted by Crippen LogP contribution is -2.48. The van der Waals surface area contributed by atoms with Gasteiger partial charge in [0.2, 0.25) is 15.9 Å². The quantitative estimate of drug-likeness (QED) is 0.655. The Kier molecular flexibility index (Phi) is 7.32. The zero-order chi connectivity index (χ0) is 20.9. The fraction of sp³-hybridized carbons (Fsp3) is 0.381. The van der Waals surface area contributed by atoms with Crippen LogP contribution >= 0.6 is 15.9 Å². The second-order valence-electron chi connectivity index (χ2n) is 6.88. The van der Waals surface area contributed by atoms with Crippen molar-refractivity contribution < 1.29 is 17.9 Å². The first-order chi connectivity index (χ1) is 13.9. The average Bonchev–Trinajstić information content (AvgIpc) is 2.92. The van der Waals surface area contributed by atoms with Crippen molar-refractivity contribution in [3.05, 3.63) is 58.6 Å². The molecule has 3 rings (SSSR count). The van der Waals surface area contributed by atoms with Crippen LogP contribution in [0.25, 0.3) is 0 Å². The highest BCUT2D eigenvalue weighted by Gasteiger charge is 2.36. The number of carbonyl (C=O) groups excluding carboxylic acids is 1. The van der Waals surface area contributed by atoms with Crippen LogP contribution in [0.1, 0.15) is 31.7 Å². The Hall–Kier alpha value is -1.90. The summed E-state index contributed by atoms with van der Waals surface area (Å²) >= 11 is 3.33. The molecular weight excluding hydrogens is 456 g/mol. The number of rotatable bonds is 7. The monoisotopic (exact) mass is 480 g/mol. The molecule has 0 aliphatic carbocycles. The van der Waals surface area contributed by atoms with E-state index in [0.29, 0.717) is 19.6 Å². The molecule has 8 heteroatoms. The van der Waals surface area contributed by atoms with Crippen LogP contribution in [-0.4, -0.2) is 37.8 Å². The number of nitrogens with zero attached hydrogens (tertiary/aromatic N) is 1. The molecule has 0 radical (unpaired) electrons. The van der Waals surface area contributed by atoms with Crippen LogP contribution in [0.2, 0.25) is 0 Å². The van der Waals surface area contributed by atoms with Crippen molar-refractivity contribution in [3.8, 4) is 5.75 Å². The first-order valence-corrected chi connectivity index (χ1v) is 11.9. The molecular formula is C21H25BrN2O4S. The minimum atomic E-state index is -3.86. The summed E-state index contributed by atoms with van der Waals surface area (Å²) in [7, 11) is -3.86. The molecule has 2 aromatic rings. The van der Waals surface area contributed by atoms with Gasteiger partial charge >= 0.3 is 0 Å². The van der Waals surface area contributed by atoms with Crippen LogP contribution in [-0.2, 0) is 21.4 Å². The Bertz CT molecular complexity index is 930. The normalized spacial score (nSPS) is 17.6. The van der Waals surface area contributed by atoms with Gasteiger partial charge < -0.3 is 10.1 Å². The number of carbonyl (C=O) groups is 1. The van der Waals surface area contributed by atoms with Crippen LogP contribution in [0.3, 0.4) is 0 Å². The second kappa shape index (κ2) is 9.73. The van der Waals surface area contributed by atoms with Crippen LogP contribution in [0.4, 0.5) is 0 Å². The molecule has 6 nitrogen and oxygen atoms in total. The first kappa shape index (κ1) is 21.8. The Morgan fingerprint density at radius 3 is 2.45 bits per heavy atom. The lowest BCUT2D eigenvalue weighted by Gasteiger charge is -2.29. The standard InChI is InChI=1S/C21H25BrN2O4S/c1-2-28-18-10-6-16(7-11-18)15-24(20-5-3-4-14-23-21(20)25)29(26,27)19-12-8-17(22)9-13-19/h6-13,20H,2-5,14-15H2,1H3,(H,23,25)/t20-/m1/s1. The van der Waals surface area contributed by atoms with E-state index in [9.17, 15) is 13.2 Å². The maximum Gasteiger partial charge on any atom is 0.244 e. The summed E-state index contributed by atoms with van der Waals surface area (Å²) in [6, 6.07) is 13.1. The van der Waals surface area contributed by atoms with E-state index in [4.69, 9.17) is 4.74 Å². The molecule has 1 saturated heterocycles. The maximum absolute atomic E-state index is 13.5. The molecule has 0 saturated carbocycles. The number of sulfonamides is 1. The zero-order valence-electron chi connectivity index (χ0n) is 16.3. The van der Waals surface area contributed by atoms with E-state index >= 15 is 0 Å². The molecule has 1 amide bonds. The first-order valence-electron chi connectivity index (χ1n) is 9.68. The largest absolute Gasteiger partial charge is 0.494 e. The fourth-order valence-electron chi connectivity index (χ4n) is 3.34. The molecule has 0 spiro atoms. The van der Waals surface area contributed by atoms with Crippen molar-refractivity contribution in [2.45, 2.75) is 43.7 Å². The van der Waals surface area contributed by atoms with Crippen LogP contribution in [0.15, 0.2) is 57.9 Å². The molecule has 1 aliphatic rings. The SMILES string of the molecule is CCOc1ccc(CN([C@@H]2CCCCNC2=O)S(=O)(=O)c2ccc(Br)cc2)cc1. The Morgan fingerprint density at radius 1 is 1.10 bits per heavy atom. The van der Waals surface area contributed by atoms with Gasteiger partial charge in [0.1, 0.15) is 11.8 Å². The molecule has 2 aromatic carbocycles. The van der Waals surface area contributed by atoms with E-state index in [-0.39, 0.29) is 17.3 Å². The number of amides is 1. The summed E-state index contributed by atoms with van der Waals surface area (Å²) in [4.78, 5) is 12.8. The van der Waals surface area contributed by atoms with Crippen molar-refractivity contribution >= 4 is 31.9 Å². The number of halogens is 1. The number of nitrogens with one attached hydrogen (secondary N) is 1. The molecule has 0 aromatic heterocycles. The Labute approximate surface area is 180 Å². The summed E-state index contributed by atoms with van der Waals surface area (Å²) in [5, 5.41) is 2.85. The summed E-state index contributed by atoms with van der Waals surface area (Å²) < 4.78 is 34.5. The van der Waals surface area contributed by atoms with E-state index < -0.39 is 16.1 Å². The van der Waals surface area contributed by atoms with Gasteiger partial charge in [-0.25, -0.2) is 8.42 Å². The van der Waals surface area contributed by atoms with Crippen molar-refractivity contribution in [1.29, 1.82) is 0 Å². The molecule has 1 atom stereocenters. The summed E-state index contributed by atoms with van der Waals surface area (Å²) in [6.45, 7) is 3.16. The number of benzene rings is 2. The zero-order valence-corrected chi connectivity index (χ0v) is 18.7. The van der Waals surface area contributed by atoms with Crippen molar-refractivity contribution in [2.75, 3.05) is 13.2 Å². The van der Waals surface area contributed by atoms with Gasteiger partial charge in [-0.2, -0.15) is 4.31 Å². The highest BCUT2D eigenvalue weighted by atomic mass is 79.9.